The Kier molecular flexibility index (Phi) is 3.07. The molecule has 0 aromatic heterocycles. The number of aromatic hydroxyl groups is 2. The van der Waals surface area contributed by atoms with Gasteiger partial charge >= 0.3 is 0 Å². The number of rotatable bonds is 2. The van der Waals surface area contributed by atoms with Crippen molar-refractivity contribution in [1.29, 1.82) is 0 Å². The summed E-state index contributed by atoms with van der Waals surface area (Å²) in [6.45, 7) is 2.07. The molecule has 100 valence electrons. The van der Waals surface area contributed by atoms with E-state index in [1.165, 1.54) is 0 Å². The predicted molar refractivity (Wildman–Crippen MR) is 81.2 cm³/mol. The molecule has 1 atom stereocenters. The minimum absolute atomic E-state index is 0.1000. The molecule has 0 amide bonds. The van der Waals surface area contributed by atoms with Gasteiger partial charge in [0.1, 0.15) is 11.5 Å². The molecule has 0 fully saturated rings. The maximum Gasteiger partial charge on any atom is 0.120 e. The van der Waals surface area contributed by atoms with Crippen LogP contribution in [0.3, 0.4) is 0 Å². The van der Waals surface area contributed by atoms with E-state index in [0.717, 1.165) is 21.9 Å². The van der Waals surface area contributed by atoms with Gasteiger partial charge in [-0.1, -0.05) is 43.3 Å². The van der Waals surface area contributed by atoms with Crippen LogP contribution in [0.4, 0.5) is 0 Å². The second kappa shape index (κ2) is 4.89. The van der Waals surface area contributed by atoms with Gasteiger partial charge in [0.05, 0.1) is 0 Å². The van der Waals surface area contributed by atoms with Crippen molar-refractivity contribution in [2.75, 3.05) is 0 Å². The van der Waals surface area contributed by atoms with Crippen molar-refractivity contribution in [2.24, 2.45) is 0 Å². The largest absolute Gasteiger partial charge is 0.508 e. The van der Waals surface area contributed by atoms with E-state index in [0.29, 0.717) is 5.75 Å². The van der Waals surface area contributed by atoms with Crippen LogP contribution in [0.25, 0.3) is 10.8 Å². The van der Waals surface area contributed by atoms with Crippen molar-refractivity contribution in [3.8, 4) is 11.5 Å². The molecule has 3 rings (SSSR count). The maximum absolute atomic E-state index is 10.2. The van der Waals surface area contributed by atoms with Gasteiger partial charge in [-0.25, -0.2) is 0 Å². The van der Waals surface area contributed by atoms with Gasteiger partial charge in [-0.15, -0.1) is 0 Å². The molecule has 1 unspecified atom stereocenters. The lowest BCUT2D eigenvalue weighted by atomic mass is 9.91. The summed E-state index contributed by atoms with van der Waals surface area (Å²) in [5, 5.41) is 21.7. The van der Waals surface area contributed by atoms with Crippen LogP contribution in [0.2, 0.25) is 0 Å². The topological polar surface area (TPSA) is 40.5 Å². The molecule has 0 aliphatic rings. The monoisotopic (exact) mass is 264 g/mol. The van der Waals surface area contributed by atoms with E-state index in [1.807, 2.05) is 24.3 Å². The molecule has 0 aliphatic heterocycles. The van der Waals surface area contributed by atoms with E-state index in [9.17, 15) is 10.2 Å². The Labute approximate surface area is 117 Å². The van der Waals surface area contributed by atoms with Crippen LogP contribution < -0.4 is 0 Å². The van der Waals surface area contributed by atoms with Crippen molar-refractivity contribution in [3.63, 3.8) is 0 Å². The van der Waals surface area contributed by atoms with Crippen LogP contribution in [0.15, 0.2) is 60.7 Å². The molecule has 0 radical (unpaired) electrons. The van der Waals surface area contributed by atoms with Crippen LogP contribution in [0.1, 0.15) is 24.0 Å². The van der Waals surface area contributed by atoms with Gasteiger partial charge in [0, 0.05) is 11.5 Å². The maximum atomic E-state index is 10.2. The Morgan fingerprint density at radius 3 is 2.30 bits per heavy atom. The molecular weight excluding hydrogens is 248 g/mol. The van der Waals surface area contributed by atoms with E-state index in [-0.39, 0.29) is 11.7 Å². The number of hydrogen-bond donors (Lipinski definition) is 2. The van der Waals surface area contributed by atoms with Gasteiger partial charge in [0.2, 0.25) is 0 Å². The van der Waals surface area contributed by atoms with Gasteiger partial charge in [-0.2, -0.15) is 0 Å². The van der Waals surface area contributed by atoms with Crippen molar-refractivity contribution >= 4 is 10.8 Å². The fourth-order valence-electron chi connectivity index (χ4n) is 2.56. The van der Waals surface area contributed by atoms with Crippen LogP contribution in [-0.2, 0) is 0 Å². The highest BCUT2D eigenvalue weighted by Crippen LogP contribution is 2.35. The van der Waals surface area contributed by atoms with Gasteiger partial charge in [0.15, 0.2) is 0 Å². The van der Waals surface area contributed by atoms with E-state index < -0.39 is 0 Å². The minimum Gasteiger partial charge on any atom is -0.508 e. The number of phenols is 2. The lowest BCUT2D eigenvalue weighted by molar-refractivity contribution is 0.466. The molecular formula is C18H16O2. The SMILES string of the molecule is CC(c1ccccc1)c1cc2cc(O)ccc2cc1O. The summed E-state index contributed by atoms with van der Waals surface area (Å²) < 4.78 is 0. The lowest BCUT2D eigenvalue weighted by Crippen LogP contribution is -1.96. The van der Waals surface area contributed by atoms with Crippen molar-refractivity contribution in [3.05, 3.63) is 71.8 Å². The summed E-state index contributed by atoms with van der Waals surface area (Å²) in [7, 11) is 0. The average molecular weight is 264 g/mol. The van der Waals surface area contributed by atoms with Gasteiger partial charge < -0.3 is 10.2 Å². The predicted octanol–water partition coefficient (Wildman–Crippen LogP) is 4.40. The van der Waals surface area contributed by atoms with Gasteiger partial charge in [-0.05, 0) is 40.6 Å². The Balaban J connectivity index is 2.13. The molecule has 2 nitrogen and oxygen atoms in total. The van der Waals surface area contributed by atoms with Crippen LogP contribution >= 0.6 is 0 Å². The number of benzene rings is 3. The third kappa shape index (κ3) is 2.21. The standard InChI is InChI=1S/C18H16O2/c1-12(13-5-3-2-4-6-13)17-10-15-9-16(19)8-7-14(15)11-18(17)20/h2-12,19-20H,1H3. The summed E-state index contributed by atoms with van der Waals surface area (Å²) in [4.78, 5) is 0. The first kappa shape index (κ1) is 12.5. The van der Waals surface area contributed by atoms with E-state index >= 15 is 0 Å². The molecule has 0 saturated heterocycles. The van der Waals surface area contributed by atoms with Crippen molar-refractivity contribution in [2.45, 2.75) is 12.8 Å². The normalized spacial score (nSPS) is 12.4. The Bertz CT molecular complexity index is 748. The first-order valence-electron chi connectivity index (χ1n) is 6.66. The highest BCUT2D eigenvalue weighted by molar-refractivity contribution is 5.86. The Morgan fingerprint density at radius 1 is 0.800 bits per heavy atom. The summed E-state index contributed by atoms with van der Waals surface area (Å²) in [5.74, 6) is 0.629. The zero-order valence-corrected chi connectivity index (χ0v) is 11.2. The van der Waals surface area contributed by atoms with E-state index in [4.69, 9.17) is 0 Å². The number of hydrogen-bond acceptors (Lipinski definition) is 2. The molecule has 0 saturated carbocycles. The Hall–Kier alpha value is -2.48. The van der Waals surface area contributed by atoms with Crippen molar-refractivity contribution in [1.82, 2.24) is 0 Å². The van der Waals surface area contributed by atoms with Crippen LogP contribution in [0.5, 0.6) is 11.5 Å². The van der Waals surface area contributed by atoms with Crippen LogP contribution in [-0.4, -0.2) is 10.2 Å². The zero-order chi connectivity index (χ0) is 14.1. The smallest absolute Gasteiger partial charge is 0.120 e. The second-order valence-electron chi connectivity index (χ2n) is 5.07. The summed E-state index contributed by atoms with van der Waals surface area (Å²) in [6, 6.07) is 18.9. The molecule has 3 aromatic rings. The number of fused-ring (bicyclic) bond motifs is 1. The lowest BCUT2D eigenvalue weighted by Gasteiger charge is -2.15. The zero-order valence-electron chi connectivity index (χ0n) is 11.2. The van der Waals surface area contributed by atoms with E-state index in [1.54, 1.807) is 24.3 Å². The van der Waals surface area contributed by atoms with Crippen LogP contribution in [0, 0.1) is 0 Å². The highest BCUT2D eigenvalue weighted by Gasteiger charge is 2.13. The summed E-state index contributed by atoms with van der Waals surface area (Å²) in [5.41, 5.74) is 2.02. The van der Waals surface area contributed by atoms with Crippen molar-refractivity contribution < 1.29 is 10.2 Å². The molecule has 3 aromatic carbocycles. The second-order valence-corrected chi connectivity index (χ2v) is 5.07. The molecule has 2 heteroatoms. The van der Waals surface area contributed by atoms with Gasteiger partial charge in [-0.3, -0.25) is 0 Å². The van der Waals surface area contributed by atoms with Gasteiger partial charge in [0.25, 0.3) is 0 Å². The quantitative estimate of drug-likeness (QED) is 0.720. The first-order valence-corrected chi connectivity index (χ1v) is 6.66. The Morgan fingerprint density at radius 2 is 1.55 bits per heavy atom. The first-order chi connectivity index (χ1) is 9.65. The molecule has 0 bridgehead atoms. The summed E-state index contributed by atoms with van der Waals surface area (Å²) >= 11 is 0. The summed E-state index contributed by atoms with van der Waals surface area (Å²) in [6.07, 6.45) is 0. The van der Waals surface area contributed by atoms with E-state index in [2.05, 4.69) is 19.1 Å². The molecule has 0 spiro atoms. The molecule has 0 heterocycles. The highest BCUT2D eigenvalue weighted by atomic mass is 16.3. The molecule has 0 aliphatic carbocycles. The third-order valence-electron chi connectivity index (χ3n) is 3.74. The fraction of sp³-hybridized carbons (Fsp3) is 0.111. The molecule has 20 heavy (non-hydrogen) atoms. The third-order valence-corrected chi connectivity index (χ3v) is 3.74. The average Bonchev–Trinajstić information content (AvgIpc) is 2.47. The fourth-order valence-corrected chi connectivity index (χ4v) is 2.56. The molecule has 2 N–H and O–H groups in total. The number of phenolic OH excluding ortho intramolecular Hbond substituents is 2. The minimum atomic E-state index is 0.1000.